The number of benzene rings is 2. The molecule has 0 spiro atoms. The largest absolute Gasteiger partial charge is 0.493 e. The van der Waals surface area contributed by atoms with E-state index in [9.17, 15) is 4.79 Å². The molecular formula is C16H15BrClN3O3. The summed E-state index contributed by atoms with van der Waals surface area (Å²) in [6.45, 7) is 0.297. The van der Waals surface area contributed by atoms with Crippen LogP contribution in [0.3, 0.4) is 0 Å². The van der Waals surface area contributed by atoms with Gasteiger partial charge in [-0.25, -0.2) is 10.2 Å². The Morgan fingerprint density at radius 1 is 1.42 bits per heavy atom. The minimum Gasteiger partial charge on any atom is -0.493 e. The lowest BCUT2D eigenvalue weighted by atomic mass is 10.2. The highest BCUT2D eigenvalue weighted by molar-refractivity contribution is 9.10. The zero-order valence-corrected chi connectivity index (χ0v) is 15.1. The number of nitrogens with two attached hydrogens (primary N) is 1. The zero-order valence-electron chi connectivity index (χ0n) is 12.8. The van der Waals surface area contributed by atoms with E-state index >= 15 is 0 Å². The Hall–Kier alpha value is -2.25. The molecule has 6 nitrogen and oxygen atoms in total. The Balaban J connectivity index is 2.19. The van der Waals surface area contributed by atoms with Crippen molar-refractivity contribution in [2.45, 2.75) is 6.61 Å². The van der Waals surface area contributed by atoms with Crippen LogP contribution in [0.1, 0.15) is 11.1 Å². The molecule has 8 heteroatoms. The van der Waals surface area contributed by atoms with Crippen molar-refractivity contribution in [3.63, 3.8) is 0 Å². The van der Waals surface area contributed by atoms with Gasteiger partial charge >= 0.3 is 6.03 Å². The quantitative estimate of drug-likeness (QED) is 0.560. The average Bonchev–Trinajstić information content (AvgIpc) is 2.54. The molecule has 0 saturated carbocycles. The van der Waals surface area contributed by atoms with Crippen molar-refractivity contribution < 1.29 is 14.3 Å². The van der Waals surface area contributed by atoms with E-state index in [0.717, 1.165) is 5.56 Å². The van der Waals surface area contributed by atoms with E-state index in [4.69, 9.17) is 26.8 Å². The number of amides is 2. The summed E-state index contributed by atoms with van der Waals surface area (Å²) in [5.74, 6) is 1.05. The van der Waals surface area contributed by atoms with Crippen LogP contribution < -0.4 is 20.6 Å². The van der Waals surface area contributed by atoms with Gasteiger partial charge in [0.25, 0.3) is 0 Å². The summed E-state index contributed by atoms with van der Waals surface area (Å²) in [6, 6.07) is 10.2. The number of halogens is 2. The number of nitrogens with zero attached hydrogens (tertiary/aromatic N) is 1. The van der Waals surface area contributed by atoms with E-state index in [-0.39, 0.29) is 0 Å². The number of rotatable bonds is 6. The molecule has 0 aromatic heterocycles. The summed E-state index contributed by atoms with van der Waals surface area (Å²) in [7, 11) is 1.53. The lowest BCUT2D eigenvalue weighted by molar-refractivity contribution is 0.249. The van der Waals surface area contributed by atoms with Gasteiger partial charge in [0.05, 0.1) is 17.8 Å². The molecule has 3 N–H and O–H groups in total. The van der Waals surface area contributed by atoms with Gasteiger partial charge in [0.1, 0.15) is 6.61 Å². The van der Waals surface area contributed by atoms with Crippen molar-refractivity contribution in [1.29, 1.82) is 0 Å². The first-order valence-electron chi connectivity index (χ1n) is 6.83. The molecule has 2 aromatic rings. The molecule has 0 aliphatic rings. The molecule has 0 heterocycles. The van der Waals surface area contributed by atoms with E-state index in [2.05, 4.69) is 26.5 Å². The van der Waals surface area contributed by atoms with Crippen LogP contribution in [0.5, 0.6) is 11.5 Å². The monoisotopic (exact) mass is 411 g/mol. The molecule has 0 unspecified atom stereocenters. The normalized spacial score (nSPS) is 10.6. The predicted octanol–water partition coefficient (Wildman–Crippen LogP) is 3.69. The third-order valence-corrected chi connectivity index (χ3v) is 3.93. The highest BCUT2D eigenvalue weighted by Crippen LogP contribution is 2.37. The number of hydrazone groups is 1. The van der Waals surface area contributed by atoms with Crippen LogP contribution >= 0.6 is 27.5 Å². The Labute approximate surface area is 152 Å². The SMILES string of the molecule is COc1cc(C=NNC(N)=O)cc(Br)c1OCc1ccccc1Cl. The second-order valence-corrected chi connectivity index (χ2v) is 5.91. The standard InChI is InChI=1S/C16H15BrClN3O3/c1-23-14-7-10(8-20-21-16(19)22)6-12(17)15(14)24-9-11-4-2-3-5-13(11)18/h2-8H,9H2,1H3,(H3,19,21,22). The van der Waals surface area contributed by atoms with Crippen molar-refractivity contribution in [1.82, 2.24) is 5.43 Å². The fourth-order valence-corrected chi connectivity index (χ4v) is 2.65. The Morgan fingerprint density at radius 3 is 2.83 bits per heavy atom. The van der Waals surface area contributed by atoms with E-state index in [1.807, 2.05) is 18.2 Å². The maximum Gasteiger partial charge on any atom is 0.332 e. The summed E-state index contributed by atoms with van der Waals surface area (Å²) in [4.78, 5) is 10.6. The van der Waals surface area contributed by atoms with Crippen molar-refractivity contribution in [2.75, 3.05) is 7.11 Å². The van der Waals surface area contributed by atoms with Gasteiger partial charge in [0.15, 0.2) is 11.5 Å². The Bertz CT molecular complexity index is 768. The Kier molecular flexibility index (Phi) is 6.45. The van der Waals surface area contributed by atoms with Gasteiger partial charge in [0.2, 0.25) is 0 Å². The molecule has 2 aromatic carbocycles. The van der Waals surface area contributed by atoms with Crippen LogP contribution in [-0.2, 0) is 6.61 Å². The number of carbonyl (C=O) groups is 1. The van der Waals surface area contributed by atoms with Gasteiger partial charge in [-0.1, -0.05) is 29.8 Å². The summed E-state index contributed by atoms with van der Waals surface area (Å²) in [6.07, 6.45) is 1.44. The summed E-state index contributed by atoms with van der Waals surface area (Å²) in [5, 5.41) is 4.34. The molecule has 0 aliphatic heterocycles. The van der Waals surface area contributed by atoms with Crippen LogP contribution in [0.15, 0.2) is 46.0 Å². The number of hydrogen-bond donors (Lipinski definition) is 2. The van der Waals surface area contributed by atoms with Crippen LogP contribution in [0, 0.1) is 0 Å². The number of hydrogen-bond acceptors (Lipinski definition) is 4. The fraction of sp³-hybridized carbons (Fsp3) is 0.125. The molecule has 0 saturated heterocycles. The maximum atomic E-state index is 10.6. The van der Waals surface area contributed by atoms with E-state index < -0.39 is 6.03 Å². The maximum absolute atomic E-state index is 10.6. The first kappa shape index (κ1) is 18.1. The first-order chi connectivity index (χ1) is 11.5. The molecule has 2 rings (SSSR count). The van der Waals surface area contributed by atoms with Crippen molar-refractivity contribution in [3.8, 4) is 11.5 Å². The lowest BCUT2D eigenvalue weighted by Gasteiger charge is -2.14. The molecule has 126 valence electrons. The van der Waals surface area contributed by atoms with Crippen LogP contribution in [0.4, 0.5) is 4.79 Å². The van der Waals surface area contributed by atoms with Gasteiger partial charge in [-0.3, -0.25) is 0 Å². The van der Waals surface area contributed by atoms with E-state index in [1.54, 1.807) is 18.2 Å². The van der Waals surface area contributed by atoms with Crippen LogP contribution in [0.25, 0.3) is 0 Å². The predicted molar refractivity (Wildman–Crippen MR) is 96.8 cm³/mol. The summed E-state index contributed by atoms with van der Waals surface area (Å²) < 4.78 is 11.9. The highest BCUT2D eigenvalue weighted by atomic mass is 79.9. The smallest absolute Gasteiger partial charge is 0.332 e. The fourth-order valence-electron chi connectivity index (χ4n) is 1.89. The molecular weight excluding hydrogens is 398 g/mol. The van der Waals surface area contributed by atoms with E-state index in [1.165, 1.54) is 13.3 Å². The molecule has 0 bridgehead atoms. The van der Waals surface area contributed by atoms with Crippen molar-refractivity contribution in [2.24, 2.45) is 10.8 Å². The second-order valence-electron chi connectivity index (χ2n) is 4.65. The molecule has 0 fully saturated rings. The van der Waals surface area contributed by atoms with Gasteiger partial charge in [0, 0.05) is 10.6 Å². The summed E-state index contributed by atoms with van der Waals surface area (Å²) in [5.41, 5.74) is 8.63. The highest BCUT2D eigenvalue weighted by Gasteiger charge is 2.12. The Morgan fingerprint density at radius 2 is 2.17 bits per heavy atom. The second kappa shape index (κ2) is 8.56. The number of nitrogens with one attached hydrogen (secondary N) is 1. The minimum atomic E-state index is -0.739. The third kappa shape index (κ3) is 4.87. The van der Waals surface area contributed by atoms with E-state index in [0.29, 0.717) is 33.2 Å². The number of ether oxygens (including phenoxy) is 2. The van der Waals surface area contributed by atoms with Gasteiger partial charge in [-0.05, 0) is 39.7 Å². The first-order valence-corrected chi connectivity index (χ1v) is 8.00. The molecule has 0 radical (unpaired) electrons. The van der Waals surface area contributed by atoms with Gasteiger partial charge in [-0.15, -0.1) is 0 Å². The van der Waals surface area contributed by atoms with Gasteiger partial charge in [-0.2, -0.15) is 5.10 Å². The molecule has 24 heavy (non-hydrogen) atoms. The molecule has 0 atom stereocenters. The average molecular weight is 413 g/mol. The minimum absolute atomic E-state index is 0.297. The van der Waals surface area contributed by atoms with Gasteiger partial charge < -0.3 is 15.2 Å². The number of urea groups is 1. The third-order valence-electron chi connectivity index (χ3n) is 2.97. The van der Waals surface area contributed by atoms with Crippen molar-refractivity contribution in [3.05, 3.63) is 57.0 Å². The molecule has 0 aliphatic carbocycles. The number of carbonyl (C=O) groups excluding carboxylic acids is 1. The van der Waals surface area contributed by atoms with Crippen LogP contribution in [0.2, 0.25) is 5.02 Å². The number of methoxy groups -OCH3 is 1. The lowest BCUT2D eigenvalue weighted by Crippen LogP contribution is -2.24. The zero-order chi connectivity index (χ0) is 17.5. The van der Waals surface area contributed by atoms with Crippen molar-refractivity contribution >= 4 is 39.8 Å². The topological polar surface area (TPSA) is 85.9 Å². The van der Waals surface area contributed by atoms with Crippen LogP contribution in [-0.4, -0.2) is 19.4 Å². The summed E-state index contributed by atoms with van der Waals surface area (Å²) >= 11 is 9.57. The molecule has 2 amide bonds. The number of primary amides is 1.